The first-order valence-electron chi connectivity index (χ1n) is 15.2. The molecule has 0 aliphatic heterocycles. The van der Waals surface area contributed by atoms with Crippen LogP contribution in [0.1, 0.15) is 65.4 Å². The Bertz CT molecular complexity index is 1800. The number of hydrogen-bond acceptors (Lipinski definition) is 4. The van der Waals surface area contributed by atoms with Gasteiger partial charge in [0.2, 0.25) is 0 Å². The Morgan fingerprint density at radius 2 is 1.58 bits per heavy atom. The van der Waals surface area contributed by atoms with Crippen molar-refractivity contribution >= 4 is 24.3 Å². The number of aromatic carboxylic acids is 1. The van der Waals surface area contributed by atoms with Gasteiger partial charge in [0.25, 0.3) is 0 Å². The third-order valence-electron chi connectivity index (χ3n) is 7.91. The molecule has 45 heavy (non-hydrogen) atoms. The van der Waals surface area contributed by atoms with E-state index < -0.39 is 5.97 Å². The van der Waals surface area contributed by atoms with Crippen molar-refractivity contribution in [3.05, 3.63) is 141 Å². The highest BCUT2D eigenvalue weighted by Gasteiger charge is 2.13. The van der Waals surface area contributed by atoms with Crippen molar-refractivity contribution in [1.82, 2.24) is 15.2 Å². The van der Waals surface area contributed by atoms with Gasteiger partial charge in [0.1, 0.15) is 12.4 Å². The van der Waals surface area contributed by atoms with E-state index in [1.165, 1.54) is 11.1 Å². The molecule has 0 aliphatic carbocycles. The fourth-order valence-electron chi connectivity index (χ4n) is 5.19. The predicted molar refractivity (Wildman–Crippen MR) is 183 cm³/mol. The summed E-state index contributed by atoms with van der Waals surface area (Å²) >= 11 is 5.11. The van der Waals surface area contributed by atoms with E-state index in [0.29, 0.717) is 16.9 Å². The first kappa shape index (κ1) is 31.7. The molecule has 230 valence electrons. The molecule has 0 bridgehead atoms. The minimum absolute atomic E-state index is 0.115. The number of carbonyl (C=O) groups is 1. The van der Waals surface area contributed by atoms with Crippen molar-refractivity contribution < 1.29 is 14.6 Å². The third-order valence-corrected chi connectivity index (χ3v) is 8.11. The van der Waals surface area contributed by atoms with Gasteiger partial charge in [-0.3, -0.25) is 5.10 Å². The van der Waals surface area contributed by atoms with Crippen molar-refractivity contribution in [2.24, 2.45) is 5.92 Å². The maximum absolute atomic E-state index is 11.4. The highest BCUT2D eigenvalue weighted by molar-refractivity contribution is 7.71. The molecule has 0 saturated carbocycles. The fourth-order valence-corrected chi connectivity index (χ4v) is 5.33. The number of carboxylic acids is 1. The summed E-state index contributed by atoms with van der Waals surface area (Å²) < 4.78 is 6.79. The van der Waals surface area contributed by atoms with Crippen molar-refractivity contribution in [3.63, 3.8) is 0 Å². The van der Waals surface area contributed by atoms with Crippen molar-refractivity contribution in [1.29, 1.82) is 0 Å². The van der Waals surface area contributed by atoms with E-state index in [9.17, 15) is 9.90 Å². The summed E-state index contributed by atoms with van der Waals surface area (Å²) in [4.78, 5) is 14.4. The molecule has 0 saturated heterocycles. The van der Waals surface area contributed by atoms with Crippen LogP contribution in [0.5, 0.6) is 5.75 Å². The lowest BCUT2D eigenvalue weighted by Gasteiger charge is -2.19. The lowest BCUT2D eigenvalue weighted by Crippen LogP contribution is -2.10. The minimum atomic E-state index is -0.917. The quantitative estimate of drug-likeness (QED) is 0.121. The first-order valence-corrected chi connectivity index (χ1v) is 15.6. The van der Waals surface area contributed by atoms with Crippen molar-refractivity contribution in [2.75, 3.05) is 0 Å². The van der Waals surface area contributed by atoms with Gasteiger partial charge in [0.05, 0.1) is 5.56 Å². The van der Waals surface area contributed by atoms with E-state index in [-0.39, 0.29) is 11.3 Å². The topological polar surface area (TPSA) is 91.0 Å². The van der Waals surface area contributed by atoms with Crippen LogP contribution in [-0.2, 0) is 24.9 Å². The second-order valence-electron chi connectivity index (χ2n) is 12.4. The molecule has 4 aromatic carbocycles. The summed E-state index contributed by atoms with van der Waals surface area (Å²) in [5.41, 5.74) is 7.17. The van der Waals surface area contributed by atoms with E-state index in [4.69, 9.17) is 17.0 Å². The number of carboxylic acid groups (broad SMARTS) is 1. The molecule has 1 heterocycles. The van der Waals surface area contributed by atoms with Crippen LogP contribution in [0.3, 0.4) is 0 Å². The van der Waals surface area contributed by atoms with E-state index in [1.54, 1.807) is 12.1 Å². The molecule has 1 unspecified atom stereocenters. The van der Waals surface area contributed by atoms with Gasteiger partial charge in [-0.05, 0) is 83.3 Å². The number of H-pyrrole nitrogens is 2. The van der Waals surface area contributed by atoms with E-state index >= 15 is 0 Å². The summed E-state index contributed by atoms with van der Waals surface area (Å²) in [7, 11) is 0. The van der Waals surface area contributed by atoms with Crippen molar-refractivity contribution in [2.45, 2.75) is 52.1 Å². The molecule has 7 heteroatoms. The second-order valence-corrected chi connectivity index (χ2v) is 12.8. The Morgan fingerprint density at radius 1 is 0.911 bits per heavy atom. The number of para-hydroxylation sites is 1. The number of allylic oxidation sites excluding steroid dienone is 1. The van der Waals surface area contributed by atoms with Crippen LogP contribution in [0.4, 0.5) is 0 Å². The standard InChI is InChI=1S/C38H39N3O3S/c1-38(2,3)33-22-15-29(16-23-33)25-44-34-7-5-4-6-30(34)17-12-27(24-28-13-20-32(21-14-28)36(42)43)9-8-26-10-18-31(19-11-26)35-39-37(45)41-40-35/h4-7,10-23,27H,8-9,24-25H2,1-3H3,(H,42,43)(H2,39,40,41,45). The number of aromatic nitrogens is 3. The summed E-state index contributed by atoms with van der Waals surface area (Å²) in [5, 5.41) is 16.3. The zero-order valence-electron chi connectivity index (χ0n) is 25.9. The van der Waals surface area contributed by atoms with Crippen LogP contribution in [-0.4, -0.2) is 26.3 Å². The molecule has 0 aliphatic rings. The van der Waals surface area contributed by atoms with Crippen LogP contribution in [0.2, 0.25) is 0 Å². The highest BCUT2D eigenvalue weighted by atomic mass is 32.1. The van der Waals surface area contributed by atoms with Gasteiger partial charge < -0.3 is 14.8 Å². The normalized spacial score (nSPS) is 12.3. The van der Waals surface area contributed by atoms with E-state index in [2.05, 4.69) is 103 Å². The summed E-state index contributed by atoms with van der Waals surface area (Å²) in [5.74, 6) is 0.867. The molecule has 0 fully saturated rings. The maximum Gasteiger partial charge on any atom is 0.335 e. The Labute approximate surface area is 269 Å². The first-order chi connectivity index (χ1) is 21.6. The Hall–Kier alpha value is -4.75. The average molecular weight is 618 g/mol. The Kier molecular flexibility index (Phi) is 10.1. The molecule has 5 aromatic rings. The van der Waals surface area contributed by atoms with Gasteiger partial charge in [0, 0.05) is 11.1 Å². The number of aromatic amines is 2. The Balaban J connectivity index is 1.30. The van der Waals surface area contributed by atoms with Gasteiger partial charge in [-0.25, -0.2) is 4.79 Å². The lowest BCUT2D eigenvalue weighted by molar-refractivity contribution is 0.0697. The summed E-state index contributed by atoms with van der Waals surface area (Å²) in [6, 6.07) is 32.3. The van der Waals surface area contributed by atoms with Crippen LogP contribution in [0.15, 0.2) is 103 Å². The van der Waals surface area contributed by atoms with Gasteiger partial charge in [-0.15, -0.1) is 0 Å². The predicted octanol–water partition coefficient (Wildman–Crippen LogP) is 9.21. The molecule has 0 radical (unpaired) electrons. The van der Waals surface area contributed by atoms with Gasteiger partial charge in [-0.2, -0.15) is 5.10 Å². The zero-order valence-corrected chi connectivity index (χ0v) is 26.7. The number of hydrogen-bond donors (Lipinski definition) is 3. The molecule has 0 spiro atoms. The molecule has 0 amide bonds. The molecule has 3 N–H and O–H groups in total. The van der Waals surface area contributed by atoms with Gasteiger partial charge >= 0.3 is 5.97 Å². The molecule has 6 nitrogen and oxygen atoms in total. The molecular formula is C38H39N3O3S. The van der Waals surface area contributed by atoms with Gasteiger partial charge in [0.15, 0.2) is 10.6 Å². The number of nitrogens with one attached hydrogen (secondary N) is 2. The highest BCUT2D eigenvalue weighted by Crippen LogP contribution is 2.26. The second kappa shape index (κ2) is 14.4. The summed E-state index contributed by atoms with van der Waals surface area (Å²) in [6.07, 6.45) is 7.01. The average Bonchev–Trinajstić information content (AvgIpc) is 3.48. The number of nitrogens with zero attached hydrogens (tertiary/aromatic N) is 1. The van der Waals surface area contributed by atoms with Gasteiger partial charge in [-0.1, -0.05) is 112 Å². The minimum Gasteiger partial charge on any atom is -0.488 e. The smallest absolute Gasteiger partial charge is 0.335 e. The third kappa shape index (κ3) is 8.89. The fraction of sp³-hybridized carbons (Fsp3) is 0.237. The molecule has 5 rings (SSSR count). The van der Waals surface area contributed by atoms with Crippen LogP contribution < -0.4 is 4.74 Å². The van der Waals surface area contributed by atoms with E-state index in [1.807, 2.05) is 30.3 Å². The number of aryl methyl sites for hydroxylation is 1. The molecule has 1 atom stereocenters. The molecular weight excluding hydrogens is 579 g/mol. The SMILES string of the molecule is CC(C)(C)c1ccc(COc2ccccc2C=CC(CCc2ccc(-c3n[nH]c(=S)[nH]3)cc2)Cc2ccc(C(=O)O)cc2)cc1. The molecule has 1 aromatic heterocycles. The lowest BCUT2D eigenvalue weighted by atomic mass is 9.87. The number of ether oxygens (including phenoxy) is 1. The number of rotatable bonds is 12. The Morgan fingerprint density at radius 3 is 2.22 bits per heavy atom. The van der Waals surface area contributed by atoms with E-state index in [0.717, 1.165) is 53.1 Å². The van der Waals surface area contributed by atoms with Crippen LogP contribution >= 0.6 is 12.2 Å². The van der Waals surface area contributed by atoms with Crippen LogP contribution in [0.25, 0.3) is 17.5 Å². The summed E-state index contributed by atoms with van der Waals surface area (Å²) in [6.45, 7) is 7.14. The maximum atomic E-state index is 11.4. The number of benzene rings is 4. The van der Waals surface area contributed by atoms with Crippen molar-refractivity contribution in [3.8, 4) is 17.1 Å². The zero-order chi connectivity index (χ0) is 31.8. The largest absolute Gasteiger partial charge is 0.488 e. The van der Waals surface area contributed by atoms with Crippen LogP contribution in [0, 0.1) is 10.7 Å². The monoisotopic (exact) mass is 617 g/mol.